The summed E-state index contributed by atoms with van der Waals surface area (Å²) in [4.78, 5) is 1.26. The molecule has 2 aromatic carbocycles. The molecule has 0 spiro atoms. The minimum Gasteiger partial charge on any atom is -0.489 e. The Morgan fingerprint density at radius 1 is 1.00 bits per heavy atom. The number of nitrogens with one attached hydrogen (secondary N) is 1. The minimum absolute atomic E-state index is 0.620. The van der Waals surface area contributed by atoms with Gasteiger partial charge in [-0.1, -0.05) is 24.3 Å². The van der Waals surface area contributed by atoms with Crippen LogP contribution in [-0.4, -0.2) is 12.3 Å². The zero-order chi connectivity index (χ0) is 14.5. The summed E-state index contributed by atoms with van der Waals surface area (Å²) >= 11 is 1.74. The molecule has 0 amide bonds. The number of hydrogen-bond acceptors (Lipinski definition) is 3. The van der Waals surface area contributed by atoms with Gasteiger partial charge >= 0.3 is 0 Å². The summed E-state index contributed by atoms with van der Waals surface area (Å²) in [6, 6.07) is 17.7. The van der Waals surface area contributed by atoms with Gasteiger partial charge in [-0.3, -0.25) is 0 Å². The molecular formula is C18H21NOS. The fraction of sp³-hybridized carbons (Fsp3) is 0.333. The van der Waals surface area contributed by atoms with Crippen LogP contribution >= 0.6 is 11.8 Å². The summed E-state index contributed by atoms with van der Waals surface area (Å²) in [5, 5.41) is 3.53. The van der Waals surface area contributed by atoms with Gasteiger partial charge in [0.1, 0.15) is 12.4 Å². The van der Waals surface area contributed by atoms with E-state index in [0.717, 1.165) is 18.3 Å². The molecular weight excluding hydrogens is 278 g/mol. The third-order valence-electron chi connectivity index (χ3n) is 3.66. The Balaban J connectivity index is 1.49. The van der Waals surface area contributed by atoms with Crippen molar-refractivity contribution >= 4 is 11.8 Å². The van der Waals surface area contributed by atoms with Gasteiger partial charge in [-0.15, -0.1) is 11.8 Å². The quantitative estimate of drug-likeness (QED) is 0.773. The topological polar surface area (TPSA) is 21.3 Å². The second-order valence-electron chi connectivity index (χ2n) is 5.44. The first-order valence-electron chi connectivity index (χ1n) is 7.41. The van der Waals surface area contributed by atoms with Crippen LogP contribution < -0.4 is 10.1 Å². The third kappa shape index (κ3) is 4.51. The smallest absolute Gasteiger partial charge is 0.119 e. The van der Waals surface area contributed by atoms with Gasteiger partial charge in [0.25, 0.3) is 0 Å². The van der Waals surface area contributed by atoms with E-state index in [1.54, 1.807) is 11.8 Å². The molecule has 1 fully saturated rings. The zero-order valence-electron chi connectivity index (χ0n) is 12.3. The van der Waals surface area contributed by atoms with Gasteiger partial charge in [0.2, 0.25) is 0 Å². The number of ether oxygens (including phenoxy) is 1. The average Bonchev–Trinajstić information content (AvgIpc) is 3.37. The highest BCUT2D eigenvalue weighted by atomic mass is 32.2. The summed E-state index contributed by atoms with van der Waals surface area (Å²) in [5.74, 6) is 0.923. The van der Waals surface area contributed by atoms with Crippen molar-refractivity contribution in [2.45, 2.75) is 36.9 Å². The number of thioether (sulfide) groups is 1. The van der Waals surface area contributed by atoms with Crippen LogP contribution in [0.1, 0.15) is 24.0 Å². The lowest BCUT2D eigenvalue weighted by Crippen LogP contribution is -2.15. The van der Waals surface area contributed by atoms with Crippen LogP contribution in [-0.2, 0) is 13.2 Å². The van der Waals surface area contributed by atoms with Crippen LogP contribution in [0.4, 0.5) is 0 Å². The van der Waals surface area contributed by atoms with Crippen molar-refractivity contribution in [1.29, 1.82) is 0 Å². The van der Waals surface area contributed by atoms with Crippen LogP contribution in [0, 0.1) is 0 Å². The van der Waals surface area contributed by atoms with Gasteiger partial charge in [0, 0.05) is 17.5 Å². The standard InChI is InChI=1S/C18H21NOS/c1-21-18-10-8-17(9-11-18)20-13-15-4-2-14(3-5-15)12-19-16-6-7-16/h2-5,8-11,16,19H,6-7,12-13H2,1H3. The number of benzene rings is 2. The molecule has 2 aromatic rings. The van der Waals surface area contributed by atoms with E-state index in [1.165, 1.54) is 28.9 Å². The molecule has 0 bridgehead atoms. The van der Waals surface area contributed by atoms with Gasteiger partial charge in [0.05, 0.1) is 0 Å². The lowest BCUT2D eigenvalue weighted by molar-refractivity contribution is 0.306. The van der Waals surface area contributed by atoms with Crippen molar-refractivity contribution < 1.29 is 4.74 Å². The van der Waals surface area contributed by atoms with E-state index in [1.807, 2.05) is 12.1 Å². The molecule has 1 aliphatic carbocycles. The molecule has 0 radical (unpaired) electrons. The molecule has 0 unspecified atom stereocenters. The van der Waals surface area contributed by atoms with Gasteiger partial charge in [-0.05, 0) is 54.5 Å². The zero-order valence-corrected chi connectivity index (χ0v) is 13.2. The molecule has 0 saturated heterocycles. The van der Waals surface area contributed by atoms with E-state index in [0.29, 0.717) is 6.61 Å². The first-order valence-corrected chi connectivity index (χ1v) is 8.64. The highest BCUT2D eigenvalue weighted by molar-refractivity contribution is 7.98. The fourth-order valence-electron chi connectivity index (χ4n) is 2.14. The third-order valence-corrected chi connectivity index (χ3v) is 4.40. The maximum atomic E-state index is 5.81. The first-order chi connectivity index (χ1) is 10.3. The van der Waals surface area contributed by atoms with Gasteiger partial charge in [-0.2, -0.15) is 0 Å². The van der Waals surface area contributed by atoms with Crippen LogP contribution in [0.5, 0.6) is 5.75 Å². The van der Waals surface area contributed by atoms with E-state index in [4.69, 9.17) is 4.74 Å². The molecule has 3 heteroatoms. The predicted octanol–water partition coefficient (Wildman–Crippen LogP) is 4.24. The predicted molar refractivity (Wildman–Crippen MR) is 88.9 cm³/mol. The van der Waals surface area contributed by atoms with Crippen molar-refractivity contribution in [3.05, 3.63) is 59.7 Å². The molecule has 1 N–H and O–H groups in total. The molecule has 3 rings (SSSR count). The summed E-state index contributed by atoms with van der Waals surface area (Å²) in [6.45, 7) is 1.59. The monoisotopic (exact) mass is 299 g/mol. The SMILES string of the molecule is CSc1ccc(OCc2ccc(CNC3CC3)cc2)cc1. The molecule has 0 heterocycles. The number of rotatable bonds is 7. The van der Waals surface area contributed by atoms with Crippen molar-refractivity contribution in [3.8, 4) is 5.75 Å². The maximum absolute atomic E-state index is 5.81. The number of hydrogen-bond donors (Lipinski definition) is 1. The summed E-state index contributed by atoms with van der Waals surface area (Å²) in [5.41, 5.74) is 2.55. The Labute approximate surface area is 130 Å². The van der Waals surface area contributed by atoms with Gasteiger partial charge < -0.3 is 10.1 Å². The van der Waals surface area contributed by atoms with Crippen LogP contribution in [0.2, 0.25) is 0 Å². The molecule has 1 aliphatic rings. The Hall–Kier alpha value is -1.45. The highest BCUT2D eigenvalue weighted by Crippen LogP contribution is 2.21. The highest BCUT2D eigenvalue weighted by Gasteiger charge is 2.19. The van der Waals surface area contributed by atoms with Crippen LogP contribution in [0.3, 0.4) is 0 Å². The van der Waals surface area contributed by atoms with Crippen molar-refractivity contribution in [2.24, 2.45) is 0 Å². The maximum Gasteiger partial charge on any atom is 0.119 e. The first kappa shape index (κ1) is 14.5. The normalized spacial score (nSPS) is 14.1. The molecule has 0 aliphatic heterocycles. The van der Waals surface area contributed by atoms with Gasteiger partial charge in [-0.25, -0.2) is 0 Å². The van der Waals surface area contributed by atoms with E-state index >= 15 is 0 Å². The molecule has 1 saturated carbocycles. The average molecular weight is 299 g/mol. The van der Waals surface area contributed by atoms with E-state index in [2.05, 4.69) is 48.0 Å². The Bertz CT molecular complexity index is 561. The second-order valence-corrected chi connectivity index (χ2v) is 6.32. The fourth-order valence-corrected chi connectivity index (χ4v) is 2.55. The Morgan fingerprint density at radius 3 is 2.29 bits per heavy atom. The Kier molecular flexibility index (Phi) is 4.84. The van der Waals surface area contributed by atoms with Crippen molar-refractivity contribution in [2.75, 3.05) is 6.26 Å². The molecule has 110 valence electrons. The molecule has 0 aromatic heterocycles. The van der Waals surface area contributed by atoms with Crippen molar-refractivity contribution in [1.82, 2.24) is 5.32 Å². The van der Waals surface area contributed by atoms with Crippen LogP contribution in [0.25, 0.3) is 0 Å². The van der Waals surface area contributed by atoms with E-state index < -0.39 is 0 Å². The lowest BCUT2D eigenvalue weighted by atomic mass is 10.1. The summed E-state index contributed by atoms with van der Waals surface area (Å²) in [6.07, 6.45) is 4.75. The van der Waals surface area contributed by atoms with E-state index in [9.17, 15) is 0 Å². The van der Waals surface area contributed by atoms with Gasteiger partial charge in [0.15, 0.2) is 0 Å². The Morgan fingerprint density at radius 2 is 1.67 bits per heavy atom. The second kappa shape index (κ2) is 7.01. The van der Waals surface area contributed by atoms with Crippen molar-refractivity contribution in [3.63, 3.8) is 0 Å². The molecule has 0 atom stereocenters. The summed E-state index contributed by atoms with van der Waals surface area (Å²) in [7, 11) is 0. The largest absolute Gasteiger partial charge is 0.489 e. The molecule has 2 nitrogen and oxygen atoms in total. The lowest BCUT2D eigenvalue weighted by Gasteiger charge is -2.08. The van der Waals surface area contributed by atoms with Crippen LogP contribution in [0.15, 0.2) is 53.4 Å². The van der Waals surface area contributed by atoms with E-state index in [-0.39, 0.29) is 0 Å². The molecule has 21 heavy (non-hydrogen) atoms. The minimum atomic E-state index is 0.620. The summed E-state index contributed by atoms with van der Waals surface area (Å²) < 4.78 is 5.81.